The highest BCUT2D eigenvalue weighted by atomic mass is 32.1. The standard InChI is InChI=1S/C9H12N4S/c1-3-13-5-8(4-10-13)12-9-11-7(2)6-14-9/h4-6H,3H2,1-2H3,(H,11,12). The Bertz CT molecular complexity index is 418. The summed E-state index contributed by atoms with van der Waals surface area (Å²) in [5.41, 5.74) is 2.03. The minimum Gasteiger partial charge on any atom is -0.329 e. The molecule has 2 aromatic rings. The fraction of sp³-hybridized carbons (Fsp3) is 0.333. The van der Waals surface area contributed by atoms with Gasteiger partial charge in [-0.2, -0.15) is 5.10 Å². The molecule has 0 saturated carbocycles. The van der Waals surface area contributed by atoms with Crippen LogP contribution in [0, 0.1) is 6.92 Å². The van der Waals surface area contributed by atoms with Crippen molar-refractivity contribution in [3.63, 3.8) is 0 Å². The molecule has 0 spiro atoms. The van der Waals surface area contributed by atoms with E-state index in [1.807, 2.05) is 23.2 Å². The van der Waals surface area contributed by atoms with Crippen molar-refractivity contribution in [3.8, 4) is 0 Å². The summed E-state index contributed by atoms with van der Waals surface area (Å²) in [4.78, 5) is 4.31. The molecule has 0 radical (unpaired) electrons. The molecule has 0 saturated heterocycles. The molecule has 0 atom stereocenters. The van der Waals surface area contributed by atoms with Crippen LogP contribution in [0.4, 0.5) is 10.8 Å². The van der Waals surface area contributed by atoms with Gasteiger partial charge in [0, 0.05) is 18.1 Å². The summed E-state index contributed by atoms with van der Waals surface area (Å²) >= 11 is 1.60. The van der Waals surface area contributed by atoms with E-state index in [1.54, 1.807) is 17.5 Å². The summed E-state index contributed by atoms with van der Waals surface area (Å²) in [5.74, 6) is 0. The monoisotopic (exact) mass is 208 g/mol. The van der Waals surface area contributed by atoms with E-state index in [9.17, 15) is 0 Å². The lowest BCUT2D eigenvalue weighted by Crippen LogP contribution is -1.92. The van der Waals surface area contributed by atoms with Crippen LogP contribution in [0.15, 0.2) is 17.8 Å². The van der Waals surface area contributed by atoms with Crippen molar-refractivity contribution in [1.29, 1.82) is 0 Å². The Labute approximate surface area is 86.6 Å². The molecule has 0 fully saturated rings. The third-order valence-corrected chi connectivity index (χ3v) is 2.70. The van der Waals surface area contributed by atoms with Crippen LogP contribution in [0.1, 0.15) is 12.6 Å². The number of hydrogen-bond donors (Lipinski definition) is 1. The van der Waals surface area contributed by atoms with Crippen LogP contribution in [0.2, 0.25) is 0 Å². The maximum Gasteiger partial charge on any atom is 0.187 e. The molecule has 2 heterocycles. The minimum absolute atomic E-state index is 0.887. The number of nitrogens with zero attached hydrogens (tertiary/aromatic N) is 3. The van der Waals surface area contributed by atoms with E-state index < -0.39 is 0 Å². The first-order valence-electron chi connectivity index (χ1n) is 4.49. The Hall–Kier alpha value is -1.36. The van der Waals surface area contributed by atoms with Gasteiger partial charge in [0.15, 0.2) is 5.13 Å². The van der Waals surface area contributed by atoms with Crippen LogP contribution in [-0.2, 0) is 6.54 Å². The highest BCUT2D eigenvalue weighted by molar-refractivity contribution is 7.13. The van der Waals surface area contributed by atoms with Crippen molar-refractivity contribution >= 4 is 22.2 Å². The molecule has 74 valence electrons. The average molecular weight is 208 g/mol. The van der Waals surface area contributed by atoms with Crippen LogP contribution in [0.25, 0.3) is 0 Å². The fourth-order valence-corrected chi connectivity index (χ4v) is 1.84. The minimum atomic E-state index is 0.887. The predicted molar refractivity (Wildman–Crippen MR) is 58.0 cm³/mol. The summed E-state index contributed by atoms with van der Waals surface area (Å²) < 4.78 is 1.88. The lowest BCUT2D eigenvalue weighted by atomic mass is 10.5. The molecule has 2 aromatic heterocycles. The largest absolute Gasteiger partial charge is 0.329 e. The number of rotatable bonds is 3. The zero-order valence-corrected chi connectivity index (χ0v) is 9.01. The van der Waals surface area contributed by atoms with Gasteiger partial charge in [-0.05, 0) is 13.8 Å². The first-order chi connectivity index (χ1) is 6.78. The predicted octanol–water partition coefficient (Wildman–Crippen LogP) is 2.41. The van der Waals surface area contributed by atoms with Crippen molar-refractivity contribution in [2.75, 3.05) is 5.32 Å². The van der Waals surface area contributed by atoms with E-state index in [-0.39, 0.29) is 0 Å². The number of aryl methyl sites for hydroxylation is 2. The second-order valence-electron chi connectivity index (χ2n) is 3.00. The fourth-order valence-electron chi connectivity index (χ4n) is 1.14. The van der Waals surface area contributed by atoms with Gasteiger partial charge < -0.3 is 5.32 Å². The summed E-state index contributed by atoms with van der Waals surface area (Å²) in [6, 6.07) is 0. The van der Waals surface area contributed by atoms with Gasteiger partial charge in [-0.1, -0.05) is 0 Å². The lowest BCUT2D eigenvalue weighted by Gasteiger charge is -1.96. The summed E-state index contributed by atoms with van der Waals surface area (Å²) in [6.07, 6.45) is 3.77. The highest BCUT2D eigenvalue weighted by Gasteiger charge is 2.00. The van der Waals surface area contributed by atoms with Crippen LogP contribution < -0.4 is 5.32 Å². The first-order valence-corrected chi connectivity index (χ1v) is 5.37. The molecule has 0 aliphatic carbocycles. The maximum atomic E-state index is 4.31. The first kappa shape index (κ1) is 9.21. The Morgan fingerprint density at radius 3 is 3.00 bits per heavy atom. The van der Waals surface area contributed by atoms with E-state index in [1.165, 1.54) is 0 Å². The second-order valence-corrected chi connectivity index (χ2v) is 3.86. The third kappa shape index (κ3) is 1.93. The zero-order valence-electron chi connectivity index (χ0n) is 8.19. The molecular formula is C9H12N4S. The van der Waals surface area contributed by atoms with E-state index >= 15 is 0 Å². The van der Waals surface area contributed by atoms with Gasteiger partial charge in [-0.25, -0.2) is 4.98 Å². The SMILES string of the molecule is CCn1cc(Nc2nc(C)cs2)cn1. The average Bonchev–Trinajstić information content (AvgIpc) is 2.76. The van der Waals surface area contributed by atoms with Crippen molar-refractivity contribution in [2.45, 2.75) is 20.4 Å². The van der Waals surface area contributed by atoms with Gasteiger partial charge >= 0.3 is 0 Å². The smallest absolute Gasteiger partial charge is 0.187 e. The van der Waals surface area contributed by atoms with Crippen molar-refractivity contribution in [2.24, 2.45) is 0 Å². The molecule has 0 amide bonds. The maximum absolute atomic E-state index is 4.31. The molecule has 0 bridgehead atoms. The summed E-state index contributed by atoms with van der Waals surface area (Å²) in [5, 5.41) is 10.3. The molecule has 4 nitrogen and oxygen atoms in total. The molecule has 0 aromatic carbocycles. The van der Waals surface area contributed by atoms with Crippen LogP contribution in [0.3, 0.4) is 0 Å². The highest BCUT2D eigenvalue weighted by Crippen LogP contribution is 2.19. The Balaban J connectivity index is 2.10. The van der Waals surface area contributed by atoms with E-state index in [0.717, 1.165) is 23.1 Å². The Morgan fingerprint density at radius 2 is 2.43 bits per heavy atom. The Kier molecular flexibility index (Phi) is 2.49. The van der Waals surface area contributed by atoms with Gasteiger partial charge in [0.1, 0.15) is 0 Å². The van der Waals surface area contributed by atoms with Crippen LogP contribution in [-0.4, -0.2) is 14.8 Å². The van der Waals surface area contributed by atoms with E-state index in [4.69, 9.17) is 0 Å². The van der Waals surface area contributed by atoms with Gasteiger partial charge in [0.05, 0.1) is 17.6 Å². The summed E-state index contributed by atoms with van der Waals surface area (Å²) in [6.45, 7) is 4.93. The van der Waals surface area contributed by atoms with Gasteiger partial charge in [-0.3, -0.25) is 4.68 Å². The number of aromatic nitrogens is 3. The van der Waals surface area contributed by atoms with Gasteiger partial charge in [-0.15, -0.1) is 11.3 Å². The van der Waals surface area contributed by atoms with Crippen LogP contribution >= 0.6 is 11.3 Å². The second kappa shape index (κ2) is 3.79. The van der Waals surface area contributed by atoms with Crippen LogP contribution in [0.5, 0.6) is 0 Å². The summed E-state index contributed by atoms with van der Waals surface area (Å²) in [7, 11) is 0. The third-order valence-electron chi connectivity index (χ3n) is 1.83. The normalized spacial score (nSPS) is 10.4. The molecule has 1 N–H and O–H groups in total. The zero-order chi connectivity index (χ0) is 9.97. The number of nitrogens with one attached hydrogen (secondary N) is 1. The molecular weight excluding hydrogens is 196 g/mol. The molecule has 2 rings (SSSR count). The molecule has 0 aliphatic rings. The number of hydrogen-bond acceptors (Lipinski definition) is 4. The number of anilines is 2. The van der Waals surface area contributed by atoms with Crippen molar-refractivity contribution in [1.82, 2.24) is 14.8 Å². The molecule has 14 heavy (non-hydrogen) atoms. The Morgan fingerprint density at radius 1 is 1.57 bits per heavy atom. The van der Waals surface area contributed by atoms with Gasteiger partial charge in [0.25, 0.3) is 0 Å². The number of thiazole rings is 1. The quantitative estimate of drug-likeness (QED) is 0.842. The van der Waals surface area contributed by atoms with Crippen molar-refractivity contribution in [3.05, 3.63) is 23.5 Å². The van der Waals surface area contributed by atoms with E-state index in [2.05, 4.69) is 22.3 Å². The molecule has 0 unspecified atom stereocenters. The molecule has 0 aliphatic heterocycles. The topological polar surface area (TPSA) is 42.7 Å². The molecule has 5 heteroatoms. The lowest BCUT2D eigenvalue weighted by molar-refractivity contribution is 0.660. The van der Waals surface area contributed by atoms with Gasteiger partial charge in [0.2, 0.25) is 0 Å². The van der Waals surface area contributed by atoms with Crippen molar-refractivity contribution < 1.29 is 0 Å². The van der Waals surface area contributed by atoms with E-state index in [0.29, 0.717) is 0 Å².